The molecule has 0 radical (unpaired) electrons. The van der Waals surface area contributed by atoms with Crippen molar-refractivity contribution in [1.29, 1.82) is 0 Å². The Kier molecular flexibility index (Phi) is 5.91. The lowest BCUT2D eigenvalue weighted by molar-refractivity contribution is -0.118. The third-order valence-corrected chi connectivity index (χ3v) is 5.78. The lowest BCUT2D eigenvalue weighted by Gasteiger charge is -2.40. The number of Topliss-reactive ketones (excluding diaryl/α,β-unsaturated/α-hetero) is 1. The number of ketones is 1. The molecule has 0 atom stereocenters. The Labute approximate surface area is 182 Å². The molecule has 1 fully saturated rings. The highest BCUT2D eigenvalue weighted by molar-refractivity contribution is 6.19. The fourth-order valence-corrected chi connectivity index (χ4v) is 3.88. The van der Waals surface area contributed by atoms with Gasteiger partial charge in [-0.3, -0.25) is 9.59 Å². The van der Waals surface area contributed by atoms with Gasteiger partial charge >= 0.3 is 0 Å². The molecule has 31 heavy (non-hydrogen) atoms. The smallest absolute Gasteiger partial charge is 0.235 e. The third kappa shape index (κ3) is 5.02. The van der Waals surface area contributed by atoms with Crippen molar-refractivity contribution >= 4 is 34.7 Å². The first-order valence-electron chi connectivity index (χ1n) is 10.8. The highest BCUT2D eigenvalue weighted by Gasteiger charge is 2.37. The van der Waals surface area contributed by atoms with Crippen molar-refractivity contribution in [2.75, 3.05) is 22.1 Å². The van der Waals surface area contributed by atoms with Gasteiger partial charge in [0.15, 0.2) is 5.78 Å². The number of amides is 1. The summed E-state index contributed by atoms with van der Waals surface area (Å²) in [6.07, 6.45) is 7.83. The van der Waals surface area contributed by atoms with Crippen LogP contribution in [0.1, 0.15) is 62.7 Å². The minimum absolute atomic E-state index is 0.0796. The molecule has 0 saturated heterocycles. The van der Waals surface area contributed by atoms with Gasteiger partial charge in [-0.05, 0) is 58.1 Å². The number of hydrogen-bond acceptors (Lipinski definition) is 7. The first-order chi connectivity index (χ1) is 14.8. The Morgan fingerprint density at radius 2 is 1.94 bits per heavy atom. The van der Waals surface area contributed by atoms with Crippen LogP contribution in [0.5, 0.6) is 0 Å². The highest BCUT2D eigenvalue weighted by Crippen LogP contribution is 2.37. The van der Waals surface area contributed by atoms with Crippen LogP contribution in [0.2, 0.25) is 0 Å². The second-order valence-electron chi connectivity index (χ2n) is 8.93. The van der Waals surface area contributed by atoms with Crippen LogP contribution in [0.3, 0.4) is 0 Å². The van der Waals surface area contributed by atoms with Gasteiger partial charge in [-0.25, -0.2) is 9.97 Å². The monoisotopic (exact) mass is 423 g/mol. The van der Waals surface area contributed by atoms with E-state index in [1.165, 1.54) is 0 Å². The molecule has 1 aliphatic heterocycles. The molecule has 0 unspecified atom stereocenters. The number of aliphatic hydroxyl groups is 1. The summed E-state index contributed by atoms with van der Waals surface area (Å²) in [5, 5.41) is 16.2. The maximum absolute atomic E-state index is 12.5. The molecular weight excluding hydrogens is 394 g/mol. The quantitative estimate of drug-likeness (QED) is 0.439. The van der Waals surface area contributed by atoms with Crippen LogP contribution >= 0.6 is 0 Å². The molecule has 4 rings (SSSR count). The zero-order valence-electron chi connectivity index (χ0n) is 18.0. The van der Waals surface area contributed by atoms with E-state index in [9.17, 15) is 14.7 Å². The van der Waals surface area contributed by atoms with Crippen molar-refractivity contribution in [3.05, 3.63) is 36.2 Å². The molecular formula is C23H29N5O3. The normalized spacial score (nSPS) is 16.7. The third-order valence-electron chi connectivity index (χ3n) is 5.78. The second-order valence-corrected chi connectivity index (χ2v) is 8.93. The largest absolute Gasteiger partial charge is 0.390 e. The van der Waals surface area contributed by atoms with Gasteiger partial charge in [0.25, 0.3) is 0 Å². The number of carbonyl (C=O) groups is 2. The van der Waals surface area contributed by atoms with Crippen LogP contribution in [-0.4, -0.2) is 45.0 Å². The summed E-state index contributed by atoms with van der Waals surface area (Å²) in [6, 6.07) is 5.72. The Hall–Kier alpha value is -3.00. The van der Waals surface area contributed by atoms with E-state index in [1.807, 2.05) is 12.1 Å². The number of rotatable bonds is 8. The molecule has 8 nitrogen and oxygen atoms in total. The van der Waals surface area contributed by atoms with Crippen LogP contribution in [-0.2, 0) is 4.79 Å². The predicted octanol–water partition coefficient (Wildman–Crippen LogP) is 3.66. The topological polar surface area (TPSA) is 107 Å². The number of carbonyl (C=O) groups excluding carboxylic acids is 2. The summed E-state index contributed by atoms with van der Waals surface area (Å²) in [4.78, 5) is 35.4. The van der Waals surface area contributed by atoms with E-state index in [0.29, 0.717) is 22.9 Å². The Balaban J connectivity index is 1.42. The standard InChI is InChI=1S/C23H29N5O3/c1-23(2,31)9-4-10-24-15-7-8-20(25-13-15)27-21-11-18-17(14-26-21)19(29)12-22(30)28(18)16-5-3-6-16/h7-8,11,13-14,16,24,31H,3-6,9-10,12H2,1-2H3,(H,25,26,27). The fourth-order valence-electron chi connectivity index (χ4n) is 3.88. The first kappa shape index (κ1) is 21.2. The van der Waals surface area contributed by atoms with Crippen molar-refractivity contribution < 1.29 is 14.7 Å². The Bertz CT molecular complexity index is 964. The average molecular weight is 424 g/mol. The van der Waals surface area contributed by atoms with Crippen molar-refractivity contribution in [2.45, 2.75) is 64.0 Å². The van der Waals surface area contributed by atoms with Gasteiger partial charge < -0.3 is 20.6 Å². The number of nitrogens with one attached hydrogen (secondary N) is 2. The van der Waals surface area contributed by atoms with E-state index >= 15 is 0 Å². The second kappa shape index (κ2) is 8.63. The van der Waals surface area contributed by atoms with Crippen molar-refractivity contribution in [3.63, 3.8) is 0 Å². The molecule has 1 aliphatic carbocycles. The van der Waals surface area contributed by atoms with Gasteiger partial charge in [0.05, 0.1) is 35.2 Å². The number of pyridine rings is 2. The molecule has 1 saturated carbocycles. The van der Waals surface area contributed by atoms with Crippen LogP contribution in [0.15, 0.2) is 30.6 Å². The van der Waals surface area contributed by atoms with E-state index in [0.717, 1.165) is 44.3 Å². The van der Waals surface area contributed by atoms with Gasteiger partial charge in [0.1, 0.15) is 11.6 Å². The number of hydrogen-bond donors (Lipinski definition) is 3. The maximum atomic E-state index is 12.5. The highest BCUT2D eigenvalue weighted by atomic mass is 16.3. The Morgan fingerprint density at radius 1 is 1.16 bits per heavy atom. The van der Waals surface area contributed by atoms with Crippen LogP contribution in [0.4, 0.5) is 23.0 Å². The van der Waals surface area contributed by atoms with Crippen LogP contribution in [0, 0.1) is 0 Å². The van der Waals surface area contributed by atoms with Gasteiger partial charge in [0, 0.05) is 24.8 Å². The molecule has 3 N–H and O–H groups in total. The van der Waals surface area contributed by atoms with Crippen molar-refractivity contribution in [1.82, 2.24) is 9.97 Å². The Morgan fingerprint density at radius 3 is 2.58 bits per heavy atom. The summed E-state index contributed by atoms with van der Waals surface area (Å²) in [6.45, 7) is 4.37. The summed E-state index contributed by atoms with van der Waals surface area (Å²) in [5.74, 6) is 0.868. The van der Waals surface area contributed by atoms with Crippen LogP contribution in [0.25, 0.3) is 0 Å². The lowest BCUT2D eigenvalue weighted by atomic mass is 9.88. The number of nitrogens with zero attached hydrogens (tertiary/aromatic N) is 3. The number of fused-ring (bicyclic) bond motifs is 1. The first-order valence-corrected chi connectivity index (χ1v) is 10.8. The molecule has 0 aromatic carbocycles. The minimum Gasteiger partial charge on any atom is -0.390 e. The van der Waals surface area contributed by atoms with Gasteiger partial charge in [0.2, 0.25) is 5.91 Å². The summed E-state index contributed by atoms with van der Waals surface area (Å²) < 4.78 is 0. The lowest BCUT2D eigenvalue weighted by Crippen LogP contribution is -2.48. The van der Waals surface area contributed by atoms with Gasteiger partial charge in [-0.2, -0.15) is 0 Å². The minimum atomic E-state index is -0.654. The summed E-state index contributed by atoms with van der Waals surface area (Å²) >= 11 is 0. The van der Waals surface area contributed by atoms with E-state index in [1.54, 1.807) is 37.2 Å². The molecule has 2 aromatic rings. The fraction of sp³-hybridized carbons (Fsp3) is 0.478. The maximum Gasteiger partial charge on any atom is 0.235 e. The SMILES string of the molecule is CC(C)(O)CCCNc1ccc(Nc2cc3c(cn2)C(=O)CC(=O)N3C2CCC2)nc1. The average Bonchev–Trinajstić information content (AvgIpc) is 2.67. The molecule has 2 aromatic heterocycles. The molecule has 1 amide bonds. The number of aromatic nitrogens is 2. The summed E-state index contributed by atoms with van der Waals surface area (Å²) in [5.41, 5.74) is 1.40. The van der Waals surface area contributed by atoms with E-state index in [-0.39, 0.29) is 24.2 Å². The molecule has 0 bridgehead atoms. The van der Waals surface area contributed by atoms with Gasteiger partial charge in [-0.1, -0.05) is 0 Å². The zero-order valence-corrected chi connectivity index (χ0v) is 18.0. The van der Waals surface area contributed by atoms with E-state index in [4.69, 9.17) is 0 Å². The molecule has 2 aliphatic rings. The molecule has 0 spiro atoms. The van der Waals surface area contributed by atoms with Crippen molar-refractivity contribution in [2.24, 2.45) is 0 Å². The molecule has 164 valence electrons. The van der Waals surface area contributed by atoms with Gasteiger partial charge in [-0.15, -0.1) is 0 Å². The van der Waals surface area contributed by atoms with Crippen LogP contribution < -0.4 is 15.5 Å². The zero-order chi connectivity index (χ0) is 22.0. The molecule has 8 heteroatoms. The number of anilines is 4. The van der Waals surface area contributed by atoms with Crippen molar-refractivity contribution in [3.8, 4) is 0 Å². The molecule has 3 heterocycles. The summed E-state index contributed by atoms with van der Waals surface area (Å²) in [7, 11) is 0. The van der Waals surface area contributed by atoms with E-state index in [2.05, 4.69) is 20.6 Å². The predicted molar refractivity (Wildman–Crippen MR) is 120 cm³/mol. The van der Waals surface area contributed by atoms with E-state index < -0.39 is 5.60 Å².